The number of rotatable bonds is 2. The van der Waals surface area contributed by atoms with Gasteiger partial charge in [-0.3, -0.25) is 4.79 Å². The number of benzene rings is 1. The summed E-state index contributed by atoms with van der Waals surface area (Å²) in [5.74, 6) is 0.413. The molecule has 0 bridgehead atoms. The fourth-order valence-corrected chi connectivity index (χ4v) is 0.692. The minimum atomic E-state index is -0.198. The Hall–Kier alpha value is 0.261. The zero-order chi connectivity index (χ0) is 8.10. The van der Waals surface area contributed by atoms with Crippen molar-refractivity contribution in [3.05, 3.63) is 30.3 Å². The second-order valence-corrected chi connectivity index (χ2v) is 2.14. The van der Waals surface area contributed by atoms with Gasteiger partial charge in [-0.15, -0.1) is 0 Å². The van der Waals surface area contributed by atoms with Crippen molar-refractivity contribution < 1.29 is 9.53 Å². The van der Waals surface area contributed by atoms with E-state index < -0.39 is 0 Å². The Balaban J connectivity index is 0.00000121. The Morgan fingerprint density at radius 2 is 1.92 bits per heavy atom. The van der Waals surface area contributed by atoms with E-state index in [9.17, 15) is 4.79 Å². The molecule has 60 valence electrons. The number of ether oxygens (including phenoxy) is 1. The molecular weight excluding hydrogens is 277 g/mol. The Morgan fingerprint density at radius 1 is 1.33 bits per heavy atom. The standard InChI is InChI=1S/C9H10O2.Ba/c1-2-9(10)11-8-6-4-3-5-7-8;/h3-7H,2H2,1H3;. The molecule has 0 N–H and O–H groups in total. The molecule has 0 amide bonds. The van der Waals surface area contributed by atoms with E-state index in [2.05, 4.69) is 0 Å². The van der Waals surface area contributed by atoms with Gasteiger partial charge in [-0.25, -0.2) is 0 Å². The molecule has 2 nitrogen and oxygen atoms in total. The van der Waals surface area contributed by atoms with E-state index in [1.165, 1.54) is 0 Å². The molecule has 0 fully saturated rings. The molecule has 0 spiro atoms. The smallest absolute Gasteiger partial charge is 0.310 e. The van der Waals surface area contributed by atoms with Crippen molar-refractivity contribution in [2.45, 2.75) is 13.3 Å². The quantitative estimate of drug-likeness (QED) is 0.469. The third-order valence-corrected chi connectivity index (χ3v) is 1.26. The van der Waals surface area contributed by atoms with Crippen LogP contribution in [-0.2, 0) is 4.79 Å². The second-order valence-electron chi connectivity index (χ2n) is 2.14. The Kier molecular flexibility index (Phi) is 6.89. The zero-order valence-corrected chi connectivity index (χ0v) is 11.6. The van der Waals surface area contributed by atoms with Gasteiger partial charge in [0.1, 0.15) is 5.75 Å². The number of carbonyl (C=O) groups excluding carboxylic acids is 1. The van der Waals surface area contributed by atoms with Crippen molar-refractivity contribution in [2.24, 2.45) is 0 Å². The van der Waals surface area contributed by atoms with Crippen LogP contribution in [0.2, 0.25) is 0 Å². The van der Waals surface area contributed by atoms with E-state index in [1.54, 1.807) is 19.1 Å². The summed E-state index contributed by atoms with van der Waals surface area (Å²) in [6.45, 7) is 1.77. The normalized spacial score (nSPS) is 8.42. The van der Waals surface area contributed by atoms with Crippen LogP contribution in [0.1, 0.15) is 13.3 Å². The van der Waals surface area contributed by atoms with E-state index in [0.717, 1.165) is 0 Å². The van der Waals surface area contributed by atoms with E-state index in [1.807, 2.05) is 18.2 Å². The van der Waals surface area contributed by atoms with E-state index in [4.69, 9.17) is 4.74 Å². The summed E-state index contributed by atoms with van der Waals surface area (Å²) >= 11 is 0. The molecule has 2 radical (unpaired) electrons. The van der Waals surface area contributed by atoms with Crippen LogP contribution < -0.4 is 4.74 Å². The molecule has 1 aromatic carbocycles. The van der Waals surface area contributed by atoms with Crippen molar-refractivity contribution in [1.29, 1.82) is 0 Å². The predicted molar refractivity (Wildman–Crippen MR) is 48.1 cm³/mol. The van der Waals surface area contributed by atoms with Crippen molar-refractivity contribution in [1.82, 2.24) is 0 Å². The molecule has 0 saturated heterocycles. The van der Waals surface area contributed by atoms with Gasteiger partial charge in [0.25, 0.3) is 0 Å². The molecule has 0 unspecified atom stereocenters. The SMILES string of the molecule is CCC(=O)Oc1ccccc1.[Ba]. The number of hydrogen-bond donors (Lipinski definition) is 0. The summed E-state index contributed by atoms with van der Waals surface area (Å²) in [5.41, 5.74) is 0. The van der Waals surface area contributed by atoms with Gasteiger partial charge < -0.3 is 4.74 Å². The molecule has 1 aromatic rings. The van der Waals surface area contributed by atoms with Gasteiger partial charge in [-0.05, 0) is 12.1 Å². The molecule has 0 atom stereocenters. The number of esters is 1. The molecule has 3 heteroatoms. The maximum atomic E-state index is 10.8. The van der Waals surface area contributed by atoms with Crippen LogP contribution in [0.5, 0.6) is 5.75 Å². The van der Waals surface area contributed by atoms with Gasteiger partial charge in [0.05, 0.1) is 0 Å². The van der Waals surface area contributed by atoms with Crippen molar-refractivity contribution >= 4 is 54.9 Å². The molecule has 0 aliphatic carbocycles. The van der Waals surface area contributed by atoms with Crippen LogP contribution in [0.25, 0.3) is 0 Å². The molecular formula is C9H10BaO2. The summed E-state index contributed by atoms with van der Waals surface area (Å²) < 4.78 is 4.92. The number of carbonyl (C=O) groups is 1. The first-order chi connectivity index (χ1) is 5.33. The molecule has 0 heterocycles. The fourth-order valence-electron chi connectivity index (χ4n) is 0.692. The average Bonchev–Trinajstić information content (AvgIpc) is 2.06. The Labute approximate surface area is 112 Å². The minimum Gasteiger partial charge on any atom is -0.427 e. The Morgan fingerprint density at radius 3 is 2.42 bits per heavy atom. The van der Waals surface area contributed by atoms with Gasteiger partial charge in [0, 0.05) is 55.3 Å². The topological polar surface area (TPSA) is 26.3 Å². The molecule has 0 aliphatic heterocycles. The van der Waals surface area contributed by atoms with Crippen LogP contribution in [0.15, 0.2) is 30.3 Å². The summed E-state index contributed by atoms with van der Waals surface area (Å²) in [7, 11) is 0. The summed E-state index contributed by atoms with van der Waals surface area (Å²) in [5, 5.41) is 0. The first-order valence-electron chi connectivity index (χ1n) is 3.58. The van der Waals surface area contributed by atoms with Crippen LogP contribution in [0, 0.1) is 0 Å². The maximum absolute atomic E-state index is 10.8. The van der Waals surface area contributed by atoms with Gasteiger partial charge >= 0.3 is 5.97 Å². The molecule has 1 rings (SSSR count). The van der Waals surface area contributed by atoms with E-state index >= 15 is 0 Å². The first kappa shape index (κ1) is 12.3. The first-order valence-corrected chi connectivity index (χ1v) is 3.58. The van der Waals surface area contributed by atoms with Gasteiger partial charge in [-0.2, -0.15) is 0 Å². The van der Waals surface area contributed by atoms with Crippen molar-refractivity contribution in [3.63, 3.8) is 0 Å². The number of hydrogen-bond acceptors (Lipinski definition) is 2. The minimum absolute atomic E-state index is 0. The monoisotopic (exact) mass is 288 g/mol. The van der Waals surface area contributed by atoms with Gasteiger partial charge in [-0.1, -0.05) is 25.1 Å². The van der Waals surface area contributed by atoms with Crippen LogP contribution in [0.3, 0.4) is 0 Å². The predicted octanol–water partition coefficient (Wildman–Crippen LogP) is 1.62. The van der Waals surface area contributed by atoms with Crippen molar-refractivity contribution in [2.75, 3.05) is 0 Å². The third-order valence-electron chi connectivity index (χ3n) is 1.26. The summed E-state index contributed by atoms with van der Waals surface area (Å²) in [6.07, 6.45) is 0.412. The van der Waals surface area contributed by atoms with E-state index in [-0.39, 0.29) is 54.9 Å². The molecule has 0 aliphatic rings. The largest absolute Gasteiger partial charge is 0.427 e. The summed E-state index contributed by atoms with van der Waals surface area (Å²) in [6, 6.07) is 9.06. The Bertz CT molecular complexity index is 234. The summed E-state index contributed by atoms with van der Waals surface area (Å²) in [4.78, 5) is 10.8. The second kappa shape index (κ2) is 6.74. The van der Waals surface area contributed by atoms with Gasteiger partial charge in [0.15, 0.2) is 0 Å². The van der Waals surface area contributed by atoms with Gasteiger partial charge in [0.2, 0.25) is 0 Å². The van der Waals surface area contributed by atoms with Crippen molar-refractivity contribution in [3.8, 4) is 5.75 Å². The average molecular weight is 288 g/mol. The molecule has 0 aromatic heterocycles. The molecule has 0 saturated carbocycles. The molecule has 12 heavy (non-hydrogen) atoms. The third kappa shape index (κ3) is 4.33. The van der Waals surface area contributed by atoms with Crippen LogP contribution >= 0.6 is 0 Å². The van der Waals surface area contributed by atoms with Crippen LogP contribution in [0.4, 0.5) is 0 Å². The fraction of sp³-hybridized carbons (Fsp3) is 0.222. The van der Waals surface area contributed by atoms with E-state index in [0.29, 0.717) is 12.2 Å². The maximum Gasteiger partial charge on any atom is 0.310 e. The number of para-hydroxylation sites is 1. The van der Waals surface area contributed by atoms with Crippen LogP contribution in [-0.4, -0.2) is 54.9 Å². The zero-order valence-electron chi connectivity index (χ0n) is 7.12.